The van der Waals surface area contributed by atoms with Gasteiger partial charge in [0, 0.05) is 11.0 Å². The molecule has 0 aromatic carbocycles. The minimum absolute atomic E-state index is 0.0250. The summed E-state index contributed by atoms with van der Waals surface area (Å²) in [7, 11) is 0. The maximum absolute atomic E-state index is 12.8. The van der Waals surface area contributed by atoms with Gasteiger partial charge in [-0.15, -0.1) is 0 Å². The number of hydrogen-bond acceptors (Lipinski definition) is 1. The fourth-order valence-corrected chi connectivity index (χ4v) is 4.13. The molecule has 3 aliphatic carbocycles. The number of allylic oxidation sites excluding steroid dienone is 4. The fraction of sp³-hybridized carbons (Fsp3) is 0.688. The van der Waals surface area contributed by atoms with E-state index in [4.69, 9.17) is 0 Å². The van der Waals surface area contributed by atoms with Gasteiger partial charge in [0.2, 0.25) is 0 Å². The second-order valence-electron chi connectivity index (χ2n) is 6.42. The average Bonchev–Trinajstić information content (AvgIpc) is 2.85. The first-order valence-electron chi connectivity index (χ1n) is 7.00. The van der Waals surface area contributed by atoms with Crippen molar-refractivity contribution in [2.24, 2.45) is 11.3 Å². The lowest BCUT2D eigenvalue weighted by atomic mass is 9.81. The van der Waals surface area contributed by atoms with Crippen LogP contribution in [0.25, 0.3) is 0 Å². The quantitative estimate of drug-likeness (QED) is 0.609. The summed E-state index contributed by atoms with van der Waals surface area (Å²) in [5.74, 6) is 1.06. The van der Waals surface area contributed by atoms with Crippen molar-refractivity contribution >= 4 is 5.78 Å². The van der Waals surface area contributed by atoms with Crippen LogP contribution in [-0.2, 0) is 4.79 Å². The van der Waals surface area contributed by atoms with E-state index in [1.54, 1.807) is 0 Å². The highest BCUT2D eigenvalue weighted by atomic mass is 16.1. The molecule has 1 atom stereocenters. The van der Waals surface area contributed by atoms with Crippen LogP contribution < -0.4 is 0 Å². The summed E-state index contributed by atoms with van der Waals surface area (Å²) < 4.78 is 0. The predicted octanol–water partition coefficient (Wildman–Crippen LogP) is 4.19. The number of fused-ring (bicyclic) bond motifs is 1. The molecular weight excluding hydrogens is 208 g/mol. The summed E-state index contributed by atoms with van der Waals surface area (Å²) in [6.45, 7) is 6.67. The van der Waals surface area contributed by atoms with Crippen molar-refractivity contribution in [3.63, 3.8) is 0 Å². The van der Waals surface area contributed by atoms with Gasteiger partial charge in [0.25, 0.3) is 0 Å². The maximum atomic E-state index is 12.8. The topological polar surface area (TPSA) is 17.1 Å². The average molecular weight is 230 g/mol. The molecule has 2 fully saturated rings. The Morgan fingerprint density at radius 2 is 1.82 bits per heavy atom. The lowest BCUT2D eigenvalue weighted by Gasteiger charge is -2.23. The van der Waals surface area contributed by atoms with Gasteiger partial charge in [-0.05, 0) is 51.0 Å². The second kappa shape index (κ2) is 3.57. The Hall–Kier alpha value is -0.850. The third-order valence-corrected chi connectivity index (χ3v) is 5.35. The zero-order valence-electron chi connectivity index (χ0n) is 11.2. The largest absolute Gasteiger partial charge is 0.294 e. The van der Waals surface area contributed by atoms with E-state index in [0.29, 0.717) is 11.7 Å². The molecule has 1 heteroatoms. The molecule has 1 unspecified atom stereocenters. The highest BCUT2D eigenvalue weighted by molar-refractivity contribution is 6.08. The molecule has 0 saturated heterocycles. The normalized spacial score (nSPS) is 31.7. The van der Waals surface area contributed by atoms with Crippen LogP contribution in [0.2, 0.25) is 0 Å². The zero-order chi connectivity index (χ0) is 12.2. The van der Waals surface area contributed by atoms with Gasteiger partial charge in [-0.2, -0.15) is 0 Å². The standard InChI is InChI=1S/C16H22O/c1-10-8-11(2)13-9-16(6-4-5-7-16)15(17)14(13)12(10)3/h10H,4-9H2,1-3H3. The molecule has 3 aliphatic rings. The Kier molecular flexibility index (Phi) is 2.36. The van der Waals surface area contributed by atoms with E-state index in [9.17, 15) is 4.79 Å². The molecule has 3 rings (SSSR count). The van der Waals surface area contributed by atoms with Crippen LogP contribution >= 0.6 is 0 Å². The van der Waals surface area contributed by atoms with Crippen molar-refractivity contribution in [1.82, 2.24) is 0 Å². The Morgan fingerprint density at radius 1 is 1.18 bits per heavy atom. The summed E-state index contributed by atoms with van der Waals surface area (Å²) in [5, 5.41) is 0. The Bertz CT molecular complexity index is 444. The first-order chi connectivity index (χ1) is 8.05. The van der Waals surface area contributed by atoms with E-state index >= 15 is 0 Å². The Morgan fingerprint density at radius 3 is 2.47 bits per heavy atom. The molecule has 0 bridgehead atoms. The van der Waals surface area contributed by atoms with Crippen molar-refractivity contribution in [3.8, 4) is 0 Å². The lowest BCUT2D eigenvalue weighted by molar-refractivity contribution is -0.122. The van der Waals surface area contributed by atoms with Gasteiger partial charge in [-0.25, -0.2) is 0 Å². The third kappa shape index (κ3) is 1.41. The highest BCUT2D eigenvalue weighted by Crippen LogP contribution is 2.55. The van der Waals surface area contributed by atoms with Gasteiger partial charge < -0.3 is 0 Å². The minimum Gasteiger partial charge on any atom is -0.294 e. The minimum atomic E-state index is 0.0250. The molecule has 92 valence electrons. The summed E-state index contributed by atoms with van der Waals surface area (Å²) >= 11 is 0. The van der Waals surface area contributed by atoms with Gasteiger partial charge in [0.1, 0.15) is 0 Å². The maximum Gasteiger partial charge on any atom is 0.169 e. The van der Waals surface area contributed by atoms with Crippen molar-refractivity contribution < 1.29 is 4.79 Å². The molecule has 0 radical (unpaired) electrons. The zero-order valence-corrected chi connectivity index (χ0v) is 11.2. The van der Waals surface area contributed by atoms with Crippen LogP contribution in [0.1, 0.15) is 59.3 Å². The van der Waals surface area contributed by atoms with Crippen molar-refractivity contribution in [3.05, 3.63) is 22.3 Å². The van der Waals surface area contributed by atoms with Gasteiger partial charge in [-0.3, -0.25) is 4.79 Å². The third-order valence-electron chi connectivity index (χ3n) is 5.35. The Labute approximate surface area is 104 Å². The van der Waals surface area contributed by atoms with Crippen molar-refractivity contribution in [2.75, 3.05) is 0 Å². The SMILES string of the molecule is CC1=C2CC3(CCCC3)C(=O)C2=C(C)C(C)C1. The monoisotopic (exact) mass is 230 g/mol. The first kappa shape index (κ1) is 11.3. The summed E-state index contributed by atoms with van der Waals surface area (Å²) in [5.41, 5.74) is 5.43. The summed E-state index contributed by atoms with van der Waals surface area (Å²) in [4.78, 5) is 12.8. The molecule has 0 N–H and O–H groups in total. The van der Waals surface area contributed by atoms with Crippen LogP contribution in [0, 0.1) is 11.3 Å². The number of Topliss-reactive ketones (excluding diaryl/α,β-unsaturated/α-hetero) is 1. The van der Waals surface area contributed by atoms with Gasteiger partial charge >= 0.3 is 0 Å². The van der Waals surface area contributed by atoms with Gasteiger partial charge in [0.05, 0.1) is 0 Å². The molecule has 0 amide bonds. The smallest absolute Gasteiger partial charge is 0.169 e. The number of carbonyl (C=O) groups excluding carboxylic acids is 1. The molecule has 1 spiro atoms. The summed E-state index contributed by atoms with van der Waals surface area (Å²) in [6, 6.07) is 0. The molecule has 0 aromatic rings. The van der Waals surface area contributed by atoms with Crippen LogP contribution in [0.15, 0.2) is 22.3 Å². The molecule has 0 aliphatic heterocycles. The number of ketones is 1. The van der Waals surface area contributed by atoms with Crippen LogP contribution in [0.4, 0.5) is 0 Å². The van der Waals surface area contributed by atoms with E-state index in [1.165, 1.54) is 29.6 Å². The van der Waals surface area contributed by atoms with Gasteiger partial charge in [-0.1, -0.05) is 30.9 Å². The van der Waals surface area contributed by atoms with E-state index < -0.39 is 0 Å². The van der Waals surface area contributed by atoms with Crippen LogP contribution in [0.3, 0.4) is 0 Å². The predicted molar refractivity (Wildman–Crippen MR) is 69.7 cm³/mol. The molecule has 0 heterocycles. The van der Waals surface area contributed by atoms with E-state index in [2.05, 4.69) is 20.8 Å². The summed E-state index contributed by atoms with van der Waals surface area (Å²) in [6.07, 6.45) is 6.98. The van der Waals surface area contributed by atoms with E-state index in [-0.39, 0.29) is 5.41 Å². The van der Waals surface area contributed by atoms with Crippen LogP contribution in [-0.4, -0.2) is 5.78 Å². The number of rotatable bonds is 0. The molecule has 17 heavy (non-hydrogen) atoms. The molecular formula is C16H22O. The molecule has 2 saturated carbocycles. The van der Waals surface area contributed by atoms with Crippen LogP contribution in [0.5, 0.6) is 0 Å². The van der Waals surface area contributed by atoms with E-state index in [0.717, 1.165) is 31.3 Å². The molecule has 0 aromatic heterocycles. The fourth-order valence-electron chi connectivity index (χ4n) is 4.13. The number of carbonyl (C=O) groups is 1. The van der Waals surface area contributed by atoms with Crippen molar-refractivity contribution in [2.45, 2.75) is 59.3 Å². The first-order valence-corrected chi connectivity index (χ1v) is 7.00. The van der Waals surface area contributed by atoms with Crippen molar-refractivity contribution in [1.29, 1.82) is 0 Å². The highest BCUT2D eigenvalue weighted by Gasteiger charge is 2.50. The Balaban J connectivity index is 2.13. The second-order valence-corrected chi connectivity index (χ2v) is 6.42. The van der Waals surface area contributed by atoms with Gasteiger partial charge in [0.15, 0.2) is 5.78 Å². The molecule has 1 nitrogen and oxygen atoms in total. The van der Waals surface area contributed by atoms with E-state index in [1.807, 2.05) is 0 Å². The lowest BCUT2D eigenvalue weighted by Crippen LogP contribution is -2.22. The number of hydrogen-bond donors (Lipinski definition) is 0.